The Morgan fingerprint density at radius 2 is 1.92 bits per heavy atom. The zero-order chi connectivity index (χ0) is 16.5. The molecule has 0 saturated heterocycles. The summed E-state index contributed by atoms with van der Waals surface area (Å²) in [4.78, 5) is 17.2. The molecular weight excluding hydrogens is 300 g/mol. The minimum absolute atomic E-state index is 0.00730. The zero-order valence-corrected chi connectivity index (χ0v) is 13.5. The number of aromatic nitrogens is 4. The van der Waals surface area contributed by atoms with E-state index in [1.165, 1.54) is 0 Å². The van der Waals surface area contributed by atoms with Crippen LogP contribution in [0, 0.1) is 0 Å². The standard InChI is InChI=1S/C19H18N4O/c1-2-3-10-22-11-9-17-16(19(22)24)12-20-18-15(13-21-23(17)18)14-7-5-4-6-8-14/h4-9,11-13H,2-3,10H2,1H3. The van der Waals surface area contributed by atoms with Crippen molar-refractivity contribution in [3.05, 3.63) is 65.3 Å². The van der Waals surface area contributed by atoms with E-state index in [0.29, 0.717) is 5.39 Å². The topological polar surface area (TPSA) is 52.2 Å². The van der Waals surface area contributed by atoms with E-state index in [9.17, 15) is 4.79 Å². The predicted molar refractivity (Wildman–Crippen MR) is 95.1 cm³/mol. The van der Waals surface area contributed by atoms with Crippen LogP contribution in [0.5, 0.6) is 0 Å². The van der Waals surface area contributed by atoms with E-state index in [1.54, 1.807) is 21.5 Å². The van der Waals surface area contributed by atoms with Crippen LogP contribution in [0.3, 0.4) is 0 Å². The number of fused-ring (bicyclic) bond motifs is 3. The second kappa shape index (κ2) is 5.92. The van der Waals surface area contributed by atoms with Gasteiger partial charge in [0.25, 0.3) is 5.56 Å². The first-order valence-electron chi connectivity index (χ1n) is 8.21. The Bertz CT molecular complexity index is 1060. The average Bonchev–Trinajstić information content (AvgIpc) is 3.06. The number of hydrogen-bond donors (Lipinski definition) is 0. The molecule has 0 saturated carbocycles. The predicted octanol–water partition coefficient (Wildman–Crippen LogP) is 3.51. The summed E-state index contributed by atoms with van der Waals surface area (Å²) in [5.74, 6) is 0. The van der Waals surface area contributed by atoms with Crippen LogP contribution in [-0.2, 0) is 6.54 Å². The summed E-state index contributed by atoms with van der Waals surface area (Å²) in [6.07, 6.45) is 7.37. The highest BCUT2D eigenvalue weighted by molar-refractivity contribution is 5.84. The molecule has 4 aromatic rings. The Hall–Kier alpha value is -2.95. The Balaban J connectivity index is 1.92. The van der Waals surface area contributed by atoms with Gasteiger partial charge in [-0.25, -0.2) is 9.50 Å². The van der Waals surface area contributed by atoms with Gasteiger partial charge >= 0.3 is 0 Å². The van der Waals surface area contributed by atoms with Gasteiger partial charge in [-0.1, -0.05) is 43.7 Å². The van der Waals surface area contributed by atoms with E-state index >= 15 is 0 Å². The van der Waals surface area contributed by atoms with E-state index < -0.39 is 0 Å². The number of pyridine rings is 1. The molecule has 0 aliphatic rings. The molecule has 0 bridgehead atoms. The van der Waals surface area contributed by atoms with E-state index in [1.807, 2.05) is 42.6 Å². The minimum Gasteiger partial charge on any atom is -0.315 e. The van der Waals surface area contributed by atoms with Gasteiger partial charge in [-0.3, -0.25) is 4.79 Å². The van der Waals surface area contributed by atoms with Crippen molar-refractivity contribution < 1.29 is 0 Å². The molecular formula is C19H18N4O. The van der Waals surface area contributed by atoms with Crippen LogP contribution < -0.4 is 5.56 Å². The number of rotatable bonds is 4. The lowest BCUT2D eigenvalue weighted by atomic mass is 10.1. The van der Waals surface area contributed by atoms with Crippen LogP contribution in [0.15, 0.2) is 59.8 Å². The number of aryl methyl sites for hydroxylation is 1. The summed E-state index contributed by atoms with van der Waals surface area (Å²) in [5.41, 5.74) is 3.58. The third-order valence-corrected chi connectivity index (χ3v) is 4.30. The molecule has 1 aromatic carbocycles. The molecule has 4 rings (SSSR count). The highest BCUT2D eigenvalue weighted by Gasteiger charge is 2.12. The Morgan fingerprint density at radius 3 is 2.71 bits per heavy atom. The zero-order valence-electron chi connectivity index (χ0n) is 13.5. The summed E-state index contributed by atoms with van der Waals surface area (Å²) in [6, 6.07) is 12.0. The molecule has 3 aromatic heterocycles. The molecule has 5 heteroatoms. The second-order valence-corrected chi connectivity index (χ2v) is 5.88. The van der Waals surface area contributed by atoms with E-state index in [4.69, 9.17) is 0 Å². The average molecular weight is 318 g/mol. The maximum absolute atomic E-state index is 12.6. The summed E-state index contributed by atoms with van der Waals surface area (Å²) in [6.45, 7) is 2.85. The van der Waals surface area contributed by atoms with Gasteiger partial charge in [0, 0.05) is 24.5 Å². The Kier molecular flexibility index (Phi) is 3.61. The number of unbranched alkanes of at least 4 members (excludes halogenated alkanes) is 1. The third kappa shape index (κ3) is 2.29. The van der Waals surface area contributed by atoms with Gasteiger partial charge in [-0.15, -0.1) is 0 Å². The molecule has 0 atom stereocenters. The minimum atomic E-state index is -0.00730. The molecule has 0 aliphatic heterocycles. The van der Waals surface area contributed by atoms with Gasteiger partial charge in [0.15, 0.2) is 5.65 Å². The van der Waals surface area contributed by atoms with E-state index in [-0.39, 0.29) is 5.56 Å². The van der Waals surface area contributed by atoms with Gasteiger partial charge in [0.2, 0.25) is 0 Å². The second-order valence-electron chi connectivity index (χ2n) is 5.88. The molecule has 0 N–H and O–H groups in total. The fourth-order valence-corrected chi connectivity index (χ4v) is 2.98. The first-order valence-corrected chi connectivity index (χ1v) is 8.21. The molecule has 5 nitrogen and oxygen atoms in total. The number of hydrogen-bond acceptors (Lipinski definition) is 3. The first kappa shape index (κ1) is 14.6. The van der Waals surface area contributed by atoms with Crippen molar-refractivity contribution in [3.8, 4) is 11.1 Å². The smallest absolute Gasteiger partial charge is 0.261 e. The number of benzene rings is 1. The van der Waals surface area contributed by atoms with Crippen LogP contribution in [0.25, 0.3) is 27.7 Å². The summed E-state index contributed by atoms with van der Waals surface area (Å²) < 4.78 is 3.50. The van der Waals surface area contributed by atoms with Crippen molar-refractivity contribution in [1.29, 1.82) is 0 Å². The first-order chi connectivity index (χ1) is 11.8. The van der Waals surface area contributed by atoms with Crippen LogP contribution in [0.1, 0.15) is 19.8 Å². The van der Waals surface area contributed by atoms with E-state index in [0.717, 1.165) is 41.7 Å². The van der Waals surface area contributed by atoms with Gasteiger partial charge in [-0.05, 0) is 18.1 Å². The van der Waals surface area contributed by atoms with E-state index in [2.05, 4.69) is 17.0 Å². The lowest BCUT2D eigenvalue weighted by Crippen LogP contribution is -2.20. The quantitative estimate of drug-likeness (QED) is 0.578. The van der Waals surface area contributed by atoms with Gasteiger partial charge < -0.3 is 4.57 Å². The summed E-state index contributed by atoms with van der Waals surface area (Å²) in [7, 11) is 0. The maximum Gasteiger partial charge on any atom is 0.261 e. The van der Waals surface area contributed by atoms with Crippen molar-refractivity contribution in [2.24, 2.45) is 0 Å². The molecule has 0 radical (unpaired) electrons. The lowest BCUT2D eigenvalue weighted by molar-refractivity contribution is 0.616. The van der Waals surface area contributed by atoms with Crippen LogP contribution in [0.4, 0.5) is 0 Å². The van der Waals surface area contributed by atoms with Gasteiger partial charge in [0.1, 0.15) is 0 Å². The fourth-order valence-electron chi connectivity index (χ4n) is 2.98. The molecule has 0 fully saturated rings. The van der Waals surface area contributed by atoms with Gasteiger partial charge in [0.05, 0.1) is 17.1 Å². The fraction of sp³-hybridized carbons (Fsp3) is 0.211. The monoisotopic (exact) mass is 318 g/mol. The van der Waals surface area contributed by atoms with Crippen molar-refractivity contribution in [3.63, 3.8) is 0 Å². The Labute approximate surface area is 139 Å². The SMILES string of the molecule is CCCCn1ccc2c(cnc3c(-c4ccccc4)cnn32)c1=O. The van der Waals surface area contributed by atoms with Gasteiger partial charge in [-0.2, -0.15) is 5.10 Å². The largest absolute Gasteiger partial charge is 0.315 e. The molecule has 0 amide bonds. The van der Waals surface area contributed by atoms with Crippen molar-refractivity contribution >= 4 is 16.6 Å². The Morgan fingerprint density at radius 1 is 1.08 bits per heavy atom. The van der Waals surface area contributed by atoms with Crippen molar-refractivity contribution in [2.75, 3.05) is 0 Å². The highest BCUT2D eigenvalue weighted by Crippen LogP contribution is 2.24. The van der Waals surface area contributed by atoms with Crippen LogP contribution in [-0.4, -0.2) is 19.2 Å². The maximum atomic E-state index is 12.6. The third-order valence-electron chi connectivity index (χ3n) is 4.30. The molecule has 120 valence electrons. The molecule has 0 spiro atoms. The normalized spacial score (nSPS) is 11.4. The molecule has 0 aliphatic carbocycles. The molecule has 0 unspecified atom stereocenters. The van der Waals surface area contributed by atoms with Crippen LogP contribution >= 0.6 is 0 Å². The summed E-state index contributed by atoms with van der Waals surface area (Å²) in [5, 5.41) is 5.06. The lowest BCUT2D eigenvalue weighted by Gasteiger charge is -2.07. The molecule has 3 heterocycles. The summed E-state index contributed by atoms with van der Waals surface area (Å²) >= 11 is 0. The van der Waals surface area contributed by atoms with Crippen LogP contribution in [0.2, 0.25) is 0 Å². The highest BCUT2D eigenvalue weighted by atomic mass is 16.1. The van der Waals surface area contributed by atoms with Crippen molar-refractivity contribution in [2.45, 2.75) is 26.3 Å². The molecule has 24 heavy (non-hydrogen) atoms. The number of nitrogens with zero attached hydrogens (tertiary/aromatic N) is 4. The van der Waals surface area contributed by atoms with Crippen molar-refractivity contribution in [1.82, 2.24) is 19.2 Å².